The molecular weight excluding hydrogens is 324 g/mol. The summed E-state index contributed by atoms with van der Waals surface area (Å²) in [6.45, 7) is 4.10. The molecule has 0 radical (unpaired) electrons. The van der Waals surface area contributed by atoms with Crippen molar-refractivity contribution >= 4 is 17.2 Å². The Morgan fingerprint density at radius 1 is 1.38 bits per heavy atom. The fourth-order valence-electron chi connectivity index (χ4n) is 2.89. The molecule has 0 bridgehead atoms. The molecule has 1 aliphatic heterocycles. The molecule has 6 heteroatoms. The first-order valence-electron chi connectivity index (χ1n) is 8.22. The van der Waals surface area contributed by atoms with E-state index < -0.39 is 0 Å². The van der Waals surface area contributed by atoms with Gasteiger partial charge in [0.15, 0.2) is 0 Å². The molecule has 1 amide bonds. The third kappa shape index (κ3) is 3.76. The Balaban J connectivity index is 1.71. The molecule has 5 nitrogen and oxygen atoms in total. The number of hydrogen-bond acceptors (Lipinski definition) is 5. The molecule has 0 saturated carbocycles. The Hall–Kier alpha value is -1.92. The monoisotopic (exact) mass is 346 g/mol. The summed E-state index contributed by atoms with van der Waals surface area (Å²) in [5.74, 6) is 0.803. The lowest BCUT2D eigenvalue weighted by Gasteiger charge is -2.32. The van der Waals surface area contributed by atoms with Gasteiger partial charge in [0.2, 0.25) is 0 Å². The standard InChI is InChI=1S/C18H22N2O3S/c1-3-23-15-5-4-10-20(11-15)18(21)16-12-24-17(19-16)13-6-8-14(22-2)9-7-13/h6-9,12,15H,3-5,10-11H2,1-2H3. The fourth-order valence-corrected chi connectivity index (χ4v) is 3.69. The first-order valence-corrected chi connectivity index (χ1v) is 9.10. The molecule has 128 valence electrons. The highest BCUT2D eigenvalue weighted by molar-refractivity contribution is 7.13. The lowest BCUT2D eigenvalue weighted by molar-refractivity contribution is 0.00706. The summed E-state index contributed by atoms with van der Waals surface area (Å²) in [6.07, 6.45) is 2.14. The van der Waals surface area contributed by atoms with Crippen LogP contribution in [0.4, 0.5) is 0 Å². The zero-order valence-electron chi connectivity index (χ0n) is 14.0. The summed E-state index contributed by atoms with van der Waals surface area (Å²) >= 11 is 1.49. The number of benzene rings is 1. The van der Waals surface area contributed by atoms with Gasteiger partial charge < -0.3 is 14.4 Å². The van der Waals surface area contributed by atoms with E-state index in [1.165, 1.54) is 11.3 Å². The molecule has 0 N–H and O–H groups in total. The summed E-state index contributed by atoms with van der Waals surface area (Å²) in [4.78, 5) is 19.1. The molecule has 1 fully saturated rings. The van der Waals surface area contributed by atoms with Crippen LogP contribution in [0.15, 0.2) is 29.6 Å². The van der Waals surface area contributed by atoms with E-state index in [9.17, 15) is 4.79 Å². The van der Waals surface area contributed by atoms with Crippen molar-refractivity contribution in [3.8, 4) is 16.3 Å². The molecule has 0 aliphatic carbocycles. The van der Waals surface area contributed by atoms with Crippen molar-refractivity contribution in [1.29, 1.82) is 0 Å². The van der Waals surface area contributed by atoms with Crippen LogP contribution in [0.2, 0.25) is 0 Å². The van der Waals surface area contributed by atoms with E-state index in [0.717, 1.165) is 35.7 Å². The number of aromatic nitrogens is 1. The Bertz CT molecular complexity index is 682. The number of likely N-dealkylation sites (tertiary alicyclic amines) is 1. The van der Waals surface area contributed by atoms with Gasteiger partial charge in [-0.2, -0.15) is 0 Å². The lowest BCUT2D eigenvalue weighted by Crippen LogP contribution is -2.43. The molecule has 24 heavy (non-hydrogen) atoms. The number of amides is 1. The van der Waals surface area contributed by atoms with Crippen molar-refractivity contribution < 1.29 is 14.3 Å². The third-order valence-corrected chi connectivity index (χ3v) is 5.02. The molecule has 2 heterocycles. The largest absolute Gasteiger partial charge is 0.497 e. The minimum absolute atomic E-state index is 0.00425. The highest BCUT2D eigenvalue weighted by Crippen LogP contribution is 2.26. The summed E-state index contributed by atoms with van der Waals surface area (Å²) in [5.41, 5.74) is 1.51. The number of carbonyl (C=O) groups excluding carboxylic acids is 1. The predicted molar refractivity (Wildman–Crippen MR) is 94.7 cm³/mol. The molecule has 1 atom stereocenters. The van der Waals surface area contributed by atoms with Gasteiger partial charge in [-0.3, -0.25) is 4.79 Å². The van der Waals surface area contributed by atoms with Crippen LogP contribution in [-0.4, -0.2) is 48.7 Å². The maximum atomic E-state index is 12.7. The molecular formula is C18H22N2O3S. The second-order valence-corrected chi connectivity index (χ2v) is 6.60. The Morgan fingerprint density at radius 2 is 2.17 bits per heavy atom. The van der Waals surface area contributed by atoms with E-state index >= 15 is 0 Å². The van der Waals surface area contributed by atoms with E-state index in [1.54, 1.807) is 7.11 Å². The molecule has 0 spiro atoms. The second kappa shape index (κ2) is 7.77. The summed E-state index contributed by atoms with van der Waals surface area (Å²) < 4.78 is 10.8. The predicted octanol–water partition coefficient (Wildman–Crippen LogP) is 3.46. The number of piperidine rings is 1. The summed E-state index contributed by atoms with van der Waals surface area (Å²) in [7, 11) is 1.64. The molecule has 1 saturated heterocycles. The van der Waals surface area contributed by atoms with Crippen LogP contribution in [0, 0.1) is 0 Å². The van der Waals surface area contributed by atoms with E-state index in [4.69, 9.17) is 9.47 Å². The van der Waals surface area contributed by atoms with E-state index in [1.807, 2.05) is 41.5 Å². The maximum Gasteiger partial charge on any atom is 0.273 e. The van der Waals surface area contributed by atoms with Gasteiger partial charge in [0.25, 0.3) is 5.91 Å². The molecule has 1 aromatic heterocycles. The third-order valence-electron chi connectivity index (χ3n) is 4.13. The molecule has 1 unspecified atom stereocenters. The lowest BCUT2D eigenvalue weighted by atomic mass is 10.1. The topological polar surface area (TPSA) is 51.7 Å². The fraction of sp³-hybridized carbons (Fsp3) is 0.444. The quantitative estimate of drug-likeness (QED) is 0.832. The number of hydrogen-bond donors (Lipinski definition) is 0. The minimum Gasteiger partial charge on any atom is -0.497 e. The zero-order valence-corrected chi connectivity index (χ0v) is 14.8. The van der Waals surface area contributed by atoms with Crippen LogP contribution in [0.1, 0.15) is 30.3 Å². The SMILES string of the molecule is CCOC1CCCN(C(=O)c2csc(-c3ccc(OC)cc3)n2)C1. The summed E-state index contributed by atoms with van der Waals surface area (Å²) in [5, 5.41) is 2.69. The average molecular weight is 346 g/mol. The van der Waals surface area contributed by atoms with Gasteiger partial charge in [-0.25, -0.2) is 4.98 Å². The number of thiazole rings is 1. The number of nitrogens with zero attached hydrogens (tertiary/aromatic N) is 2. The summed E-state index contributed by atoms with van der Waals surface area (Å²) in [6, 6.07) is 7.71. The molecule has 3 rings (SSSR count). The zero-order chi connectivity index (χ0) is 16.9. The van der Waals surface area contributed by atoms with E-state index in [0.29, 0.717) is 18.8 Å². The van der Waals surface area contributed by atoms with E-state index in [2.05, 4.69) is 4.98 Å². The van der Waals surface area contributed by atoms with Gasteiger partial charge in [-0.05, 0) is 44.0 Å². The maximum absolute atomic E-state index is 12.7. The second-order valence-electron chi connectivity index (χ2n) is 5.74. The minimum atomic E-state index is -0.00425. The highest BCUT2D eigenvalue weighted by Gasteiger charge is 2.26. The number of ether oxygens (including phenoxy) is 2. The highest BCUT2D eigenvalue weighted by atomic mass is 32.1. The van der Waals surface area contributed by atoms with Crippen LogP contribution in [-0.2, 0) is 4.74 Å². The number of carbonyl (C=O) groups is 1. The van der Waals surface area contributed by atoms with Crippen LogP contribution in [0.5, 0.6) is 5.75 Å². The van der Waals surface area contributed by atoms with Crippen molar-refractivity contribution in [3.05, 3.63) is 35.3 Å². The first-order chi connectivity index (χ1) is 11.7. The average Bonchev–Trinajstić information content (AvgIpc) is 3.12. The van der Waals surface area contributed by atoms with Gasteiger partial charge in [0, 0.05) is 30.6 Å². The molecule has 2 aromatic rings. The van der Waals surface area contributed by atoms with Crippen LogP contribution in [0.3, 0.4) is 0 Å². The Kier molecular flexibility index (Phi) is 5.48. The van der Waals surface area contributed by atoms with E-state index in [-0.39, 0.29) is 12.0 Å². The van der Waals surface area contributed by atoms with Crippen LogP contribution in [0.25, 0.3) is 10.6 Å². The van der Waals surface area contributed by atoms with Crippen molar-refractivity contribution in [3.63, 3.8) is 0 Å². The Labute approximate surface area is 146 Å². The van der Waals surface area contributed by atoms with Crippen molar-refractivity contribution in [1.82, 2.24) is 9.88 Å². The smallest absolute Gasteiger partial charge is 0.273 e. The van der Waals surface area contributed by atoms with Crippen LogP contribution >= 0.6 is 11.3 Å². The Morgan fingerprint density at radius 3 is 2.88 bits per heavy atom. The van der Waals surface area contributed by atoms with Gasteiger partial charge in [-0.15, -0.1) is 11.3 Å². The number of methoxy groups -OCH3 is 1. The van der Waals surface area contributed by atoms with Crippen molar-refractivity contribution in [2.24, 2.45) is 0 Å². The van der Waals surface area contributed by atoms with Gasteiger partial charge in [-0.1, -0.05) is 0 Å². The van der Waals surface area contributed by atoms with Crippen molar-refractivity contribution in [2.75, 3.05) is 26.8 Å². The number of rotatable bonds is 5. The first kappa shape index (κ1) is 16.9. The van der Waals surface area contributed by atoms with Gasteiger partial charge in [0.05, 0.1) is 13.2 Å². The van der Waals surface area contributed by atoms with Crippen LogP contribution < -0.4 is 4.74 Å². The van der Waals surface area contributed by atoms with Crippen molar-refractivity contribution in [2.45, 2.75) is 25.9 Å². The normalized spacial score (nSPS) is 17.8. The van der Waals surface area contributed by atoms with Gasteiger partial charge in [0.1, 0.15) is 16.5 Å². The van der Waals surface area contributed by atoms with Gasteiger partial charge >= 0.3 is 0 Å². The molecule has 1 aromatic carbocycles. The molecule has 1 aliphatic rings.